The van der Waals surface area contributed by atoms with Gasteiger partial charge < -0.3 is 35.4 Å². The van der Waals surface area contributed by atoms with Crippen LogP contribution in [0, 0.1) is 17.2 Å². The lowest BCUT2D eigenvalue weighted by molar-refractivity contribution is -0.155. The molecule has 0 saturated heterocycles. The van der Waals surface area contributed by atoms with Gasteiger partial charge in [-0.3, -0.25) is 19.2 Å². The number of pyridine rings is 1. The molecule has 2 aromatic carbocycles. The Morgan fingerprint density at radius 1 is 0.982 bits per heavy atom. The number of carbonyl (C=O) groups is 5. The quantitative estimate of drug-likeness (QED) is 0.0298. The lowest BCUT2D eigenvalue weighted by Gasteiger charge is -2.18. The van der Waals surface area contributed by atoms with Crippen LogP contribution >= 0.6 is 0 Å². The molecule has 0 bridgehead atoms. The van der Waals surface area contributed by atoms with E-state index in [-0.39, 0.29) is 58.3 Å². The van der Waals surface area contributed by atoms with Crippen LogP contribution in [0.3, 0.4) is 0 Å². The van der Waals surface area contributed by atoms with Crippen molar-refractivity contribution >= 4 is 41.4 Å². The van der Waals surface area contributed by atoms with E-state index >= 15 is 0 Å². The maximum atomic E-state index is 14.2. The molecule has 1 aliphatic rings. The summed E-state index contributed by atoms with van der Waals surface area (Å²) in [7, 11) is 1.46. The minimum Gasteiger partial charge on any atom is -0.496 e. The van der Waals surface area contributed by atoms with E-state index in [2.05, 4.69) is 23.8 Å². The molecule has 57 heavy (non-hydrogen) atoms. The molecule has 1 fully saturated rings. The number of rotatable bonds is 23. The van der Waals surface area contributed by atoms with Crippen LogP contribution in [-0.2, 0) is 30.2 Å². The molecule has 1 aliphatic carbocycles. The number of methoxy groups -OCH3 is 1. The van der Waals surface area contributed by atoms with Gasteiger partial charge in [0.05, 0.1) is 20.1 Å². The van der Waals surface area contributed by atoms with E-state index in [1.165, 1.54) is 25.3 Å². The fourth-order valence-corrected chi connectivity index (χ4v) is 5.90. The molecule has 1 saturated carbocycles. The number of carbonyl (C=O) groups excluding carboxylic acids is 5. The van der Waals surface area contributed by atoms with Gasteiger partial charge in [0.2, 0.25) is 6.79 Å². The van der Waals surface area contributed by atoms with Gasteiger partial charge in [-0.05, 0) is 72.1 Å². The van der Waals surface area contributed by atoms with Crippen molar-refractivity contribution in [2.45, 2.75) is 84.6 Å². The average molecular weight is 783 g/mol. The summed E-state index contributed by atoms with van der Waals surface area (Å²) in [5.41, 5.74) is 8.06. The molecule has 1 heterocycles. The number of nitrogens with two attached hydrogens (primary N) is 1. The summed E-state index contributed by atoms with van der Waals surface area (Å²) < 4.78 is 21.4. The third-order valence-electron chi connectivity index (χ3n) is 9.92. The topological polar surface area (TPSA) is 197 Å². The van der Waals surface area contributed by atoms with Gasteiger partial charge in [0, 0.05) is 35.4 Å². The van der Waals surface area contributed by atoms with Crippen molar-refractivity contribution in [3.05, 3.63) is 88.8 Å². The molecule has 1 amide bonds. The Kier molecular flexibility index (Phi) is 16.7. The zero-order valence-corrected chi connectivity index (χ0v) is 33.3. The molecule has 13 nitrogen and oxygen atoms in total. The van der Waals surface area contributed by atoms with Gasteiger partial charge in [0.15, 0.2) is 11.5 Å². The van der Waals surface area contributed by atoms with Gasteiger partial charge in [0.25, 0.3) is 5.91 Å². The third kappa shape index (κ3) is 12.7. The van der Waals surface area contributed by atoms with Crippen LogP contribution in [0.1, 0.15) is 120 Å². The number of nitrogens with zero attached hydrogens (tertiary/aromatic N) is 1. The summed E-state index contributed by atoms with van der Waals surface area (Å²) in [6.07, 6.45) is 7.91. The fraction of sp³-hybridized carbons (Fsp3) is 0.432. The van der Waals surface area contributed by atoms with Crippen LogP contribution in [0.4, 0.5) is 0 Å². The summed E-state index contributed by atoms with van der Waals surface area (Å²) in [5, 5.41) is 11.3. The summed E-state index contributed by atoms with van der Waals surface area (Å²) in [6.45, 7) is 9.71. The number of amides is 1. The first-order valence-corrected chi connectivity index (χ1v) is 19.5. The smallest absolute Gasteiger partial charge is 0.360 e. The van der Waals surface area contributed by atoms with Crippen LogP contribution in [-0.4, -0.2) is 73.4 Å². The summed E-state index contributed by atoms with van der Waals surface area (Å²) in [5.74, 6) is -2.43. The van der Waals surface area contributed by atoms with Crippen molar-refractivity contribution in [1.29, 1.82) is 5.41 Å². The van der Waals surface area contributed by atoms with Gasteiger partial charge in [-0.2, -0.15) is 0 Å². The summed E-state index contributed by atoms with van der Waals surface area (Å²) >= 11 is 0. The SMILES string of the molecule is C=Cc1cc(C(=O)Cc2ccc(C(=N)CC(=O)OCCCCCC)cc2)c(-c2ccc(C(=O)NCC3CC3)nc2C(=O)OCOC(=O)[C@@H](N)[C@@H](C)CC)cc1OC. The number of nitrogens with one attached hydrogen (secondary N) is 2. The third-order valence-corrected chi connectivity index (χ3v) is 9.92. The van der Waals surface area contributed by atoms with Crippen molar-refractivity contribution in [2.24, 2.45) is 17.6 Å². The highest BCUT2D eigenvalue weighted by molar-refractivity contribution is 6.09. The highest BCUT2D eigenvalue weighted by atomic mass is 16.7. The second-order valence-corrected chi connectivity index (χ2v) is 14.2. The standard InChI is InChI=1S/C44H54N4O9/c1-6-9-10-11-20-55-39(50)24-35(45)31-16-14-28(15-17-31)21-37(49)34-22-30(8-3)38(54-5)23-33(34)32-18-19-36(42(51)47-25-29-12-13-29)48-41(32)44(53)57-26-56-43(52)40(46)27(4)7-2/h8,14-19,22-23,27,29,40,45H,3,6-7,9-13,20-21,24-26,46H2,1-2,4-5H3,(H,47,51)/t27-,40-/m0/s1. The Labute approximate surface area is 334 Å². The highest BCUT2D eigenvalue weighted by Crippen LogP contribution is 2.35. The first kappa shape index (κ1) is 44.0. The van der Waals surface area contributed by atoms with E-state index in [1.807, 2.05) is 6.92 Å². The van der Waals surface area contributed by atoms with Crippen molar-refractivity contribution in [2.75, 3.05) is 27.1 Å². The van der Waals surface area contributed by atoms with E-state index in [9.17, 15) is 24.0 Å². The number of ether oxygens (including phenoxy) is 4. The summed E-state index contributed by atoms with van der Waals surface area (Å²) in [4.78, 5) is 70.1. The van der Waals surface area contributed by atoms with Crippen molar-refractivity contribution in [3.8, 4) is 16.9 Å². The fourth-order valence-electron chi connectivity index (χ4n) is 5.90. The van der Waals surface area contributed by atoms with Crippen LogP contribution < -0.4 is 15.8 Å². The number of hydrogen-bond acceptors (Lipinski definition) is 12. The van der Waals surface area contributed by atoms with E-state index in [0.29, 0.717) is 47.9 Å². The van der Waals surface area contributed by atoms with Crippen molar-refractivity contribution in [1.82, 2.24) is 10.3 Å². The maximum Gasteiger partial charge on any atom is 0.360 e. The zero-order chi connectivity index (χ0) is 41.5. The largest absolute Gasteiger partial charge is 0.496 e. The van der Waals surface area contributed by atoms with Crippen LogP contribution in [0.25, 0.3) is 17.2 Å². The molecule has 0 unspecified atom stereocenters. The number of esters is 3. The minimum atomic E-state index is -1.00. The predicted octanol–water partition coefficient (Wildman–Crippen LogP) is 6.88. The first-order chi connectivity index (χ1) is 27.4. The first-order valence-electron chi connectivity index (χ1n) is 19.5. The van der Waals surface area contributed by atoms with E-state index in [1.54, 1.807) is 43.3 Å². The van der Waals surface area contributed by atoms with Crippen molar-refractivity contribution < 1.29 is 42.9 Å². The molecule has 4 N–H and O–H groups in total. The van der Waals surface area contributed by atoms with Gasteiger partial charge in [-0.1, -0.05) is 83.4 Å². The lowest BCUT2D eigenvalue weighted by atomic mass is 9.90. The highest BCUT2D eigenvalue weighted by Gasteiger charge is 2.27. The molecule has 4 rings (SSSR count). The van der Waals surface area contributed by atoms with E-state index in [0.717, 1.165) is 38.5 Å². The van der Waals surface area contributed by atoms with Gasteiger partial charge in [-0.25, -0.2) is 9.78 Å². The monoisotopic (exact) mass is 782 g/mol. The van der Waals surface area contributed by atoms with Crippen LogP contribution in [0.5, 0.6) is 5.75 Å². The molecule has 13 heteroatoms. The molecule has 304 valence electrons. The number of ketones is 1. The predicted molar refractivity (Wildman–Crippen MR) is 216 cm³/mol. The average Bonchev–Trinajstić information content (AvgIpc) is 4.06. The molecule has 0 radical (unpaired) electrons. The number of Topliss-reactive ketones (excluding diaryl/α,β-unsaturated/α-hetero) is 1. The van der Waals surface area contributed by atoms with Crippen LogP contribution in [0.2, 0.25) is 0 Å². The zero-order valence-electron chi connectivity index (χ0n) is 33.3. The molecule has 3 aromatic rings. The normalized spacial score (nSPS) is 13.1. The Hall–Kier alpha value is -5.69. The Morgan fingerprint density at radius 2 is 1.72 bits per heavy atom. The number of benzene rings is 2. The molecular formula is C44H54N4O9. The van der Waals surface area contributed by atoms with E-state index < -0.39 is 36.6 Å². The molecular weight excluding hydrogens is 729 g/mol. The van der Waals surface area contributed by atoms with Crippen molar-refractivity contribution in [3.63, 3.8) is 0 Å². The second-order valence-electron chi connectivity index (χ2n) is 14.2. The Morgan fingerprint density at radius 3 is 2.37 bits per heavy atom. The Balaban J connectivity index is 1.61. The van der Waals surface area contributed by atoms with E-state index in [4.69, 9.17) is 30.1 Å². The summed E-state index contributed by atoms with van der Waals surface area (Å²) in [6, 6.07) is 12.0. The lowest BCUT2D eigenvalue weighted by Crippen LogP contribution is -2.38. The van der Waals surface area contributed by atoms with Gasteiger partial charge >= 0.3 is 17.9 Å². The van der Waals surface area contributed by atoms with Crippen LogP contribution in [0.15, 0.2) is 55.1 Å². The van der Waals surface area contributed by atoms with Gasteiger partial charge in [-0.15, -0.1) is 0 Å². The second kappa shape index (κ2) is 21.6. The minimum absolute atomic E-state index is 0.0458. The Bertz CT molecular complexity index is 1940. The number of hydrogen-bond donors (Lipinski definition) is 3. The molecule has 1 aromatic heterocycles. The maximum absolute atomic E-state index is 14.2. The molecule has 0 spiro atoms. The molecule has 2 atom stereocenters. The van der Waals surface area contributed by atoms with Gasteiger partial charge in [0.1, 0.15) is 17.5 Å². The molecule has 0 aliphatic heterocycles. The number of unbranched alkanes of at least 4 members (excludes halogenated alkanes) is 3. The number of aromatic nitrogens is 1.